The summed E-state index contributed by atoms with van der Waals surface area (Å²) in [6.07, 6.45) is -0.0207. The van der Waals surface area contributed by atoms with Crippen LogP contribution in [0.3, 0.4) is 0 Å². The molecule has 4 heteroatoms. The van der Waals surface area contributed by atoms with Crippen LogP contribution in [0, 0.1) is 0 Å². The molecule has 0 aromatic heterocycles. The molecule has 1 aromatic rings. The van der Waals surface area contributed by atoms with Crippen molar-refractivity contribution in [1.29, 1.82) is 0 Å². The Kier molecular flexibility index (Phi) is 5.00. The number of rotatable bonds is 4. The molecule has 1 aromatic carbocycles. The molecule has 0 spiro atoms. The van der Waals surface area contributed by atoms with Crippen LogP contribution < -0.4 is 4.74 Å². The van der Waals surface area contributed by atoms with Gasteiger partial charge in [0.15, 0.2) is 0 Å². The van der Waals surface area contributed by atoms with Crippen LogP contribution in [0.5, 0.6) is 5.75 Å². The highest BCUT2D eigenvalue weighted by atomic mass is 79.9. The summed E-state index contributed by atoms with van der Waals surface area (Å²) in [4.78, 5) is 11.7. The minimum absolute atomic E-state index is 0.0970. The third kappa shape index (κ3) is 4.38. The van der Waals surface area contributed by atoms with Gasteiger partial charge >= 0.3 is 5.97 Å². The predicted molar refractivity (Wildman–Crippen MR) is 70.5 cm³/mol. The molecule has 17 heavy (non-hydrogen) atoms. The van der Waals surface area contributed by atoms with E-state index in [1.807, 2.05) is 27.7 Å². The largest absolute Gasteiger partial charge is 0.490 e. The van der Waals surface area contributed by atoms with Gasteiger partial charge in [0.1, 0.15) is 5.75 Å². The number of carbonyl (C=O) groups excluding carboxylic acids is 1. The van der Waals surface area contributed by atoms with E-state index in [4.69, 9.17) is 9.47 Å². The molecule has 0 atom stereocenters. The lowest BCUT2D eigenvalue weighted by atomic mass is 10.2. The zero-order valence-electron chi connectivity index (χ0n) is 10.5. The van der Waals surface area contributed by atoms with Gasteiger partial charge in [0, 0.05) is 0 Å². The van der Waals surface area contributed by atoms with Crippen molar-refractivity contribution in [3.05, 3.63) is 28.2 Å². The minimum atomic E-state index is -0.322. The predicted octanol–water partition coefficient (Wildman–Crippen LogP) is 3.80. The quantitative estimate of drug-likeness (QED) is 0.793. The Morgan fingerprint density at radius 2 is 1.82 bits per heavy atom. The van der Waals surface area contributed by atoms with Crippen molar-refractivity contribution in [3.8, 4) is 5.75 Å². The van der Waals surface area contributed by atoms with Gasteiger partial charge in [-0.25, -0.2) is 4.79 Å². The molecule has 0 aliphatic carbocycles. The van der Waals surface area contributed by atoms with Crippen molar-refractivity contribution in [1.82, 2.24) is 0 Å². The number of hydrogen-bond acceptors (Lipinski definition) is 3. The van der Waals surface area contributed by atoms with Crippen molar-refractivity contribution in [2.24, 2.45) is 0 Å². The maximum atomic E-state index is 11.7. The second kappa shape index (κ2) is 6.05. The number of halogens is 1. The minimum Gasteiger partial charge on any atom is -0.490 e. The van der Waals surface area contributed by atoms with E-state index >= 15 is 0 Å². The summed E-state index contributed by atoms with van der Waals surface area (Å²) in [5.41, 5.74) is 0.515. The lowest BCUT2D eigenvalue weighted by molar-refractivity contribution is 0.0378. The molecule has 0 saturated heterocycles. The average Bonchev–Trinajstić information content (AvgIpc) is 2.19. The van der Waals surface area contributed by atoms with Crippen molar-refractivity contribution in [2.45, 2.75) is 39.9 Å². The van der Waals surface area contributed by atoms with E-state index in [-0.39, 0.29) is 18.2 Å². The van der Waals surface area contributed by atoms with Gasteiger partial charge in [-0.1, -0.05) is 0 Å². The Hall–Kier alpha value is -1.03. The van der Waals surface area contributed by atoms with Crippen LogP contribution in [0.15, 0.2) is 22.7 Å². The van der Waals surface area contributed by atoms with E-state index < -0.39 is 0 Å². The van der Waals surface area contributed by atoms with Crippen LogP contribution in [0.1, 0.15) is 38.1 Å². The molecular formula is C13H17BrO3. The van der Waals surface area contributed by atoms with Crippen molar-refractivity contribution in [3.63, 3.8) is 0 Å². The molecule has 0 heterocycles. The highest BCUT2D eigenvalue weighted by Gasteiger charge is 2.12. The Labute approximate surface area is 110 Å². The fourth-order valence-corrected chi connectivity index (χ4v) is 1.73. The molecule has 0 amide bonds. The van der Waals surface area contributed by atoms with E-state index in [1.165, 1.54) is 0 Å². The maximum Gasteiger partial charge on any atom is 0.338 e. The van der Waals surface area contributed by atoms with E-state index in [9.17, 15) is 4.79 Å². The fraction of sp³-hybridized carbons (Fsp3) is 0.462. The molecule has 0 aliphatic heterocycles. The maximum absolute atomic E-state index is 11.7. The third-order valence-electron chi connectivity index (χ3n) is 1.87. The van der Waals surface area contributed by atoms with Gasteiger partial charge < -0.3 is 9.47 Å². The summed E-state index contributed by atoms with van der Waals surface area (Å²) in [5, 5.41) is 0. The van der Waals surface area contributed by atoms with Crippen molar-refractivity contribution >= 4 is 21.9 Å². The molecule has 0 bridgehead atoms. The molecular weight excluding hydrogens is 284 g/mol. The number of hydrogen-bond donors (Lipinski definition) is 0. The summed E-state index contributed by atoms with van der Waals surface area (Å²) in [6.45, 7) is 7.55. The Morgan fingerprint density at radius 1 is 1.18 bits per heavy atom. The highest BCUT2D eigenvalue weighted by molar-refractivity contribution is 9.10. The lowest BCUT2D eigenvalue weighted by Gasteiger charge is -2.13. The second-order valence-electron chi connectivity index (χ2n) is 4.27. The van der Waals surface area contributed by atoms with Crippen LogP contribution in [-0.2, 0) is 4.74 Å². The third-order valence-corrected chi connectivity index (χ3v) is 2.49. The van der Waals surface area contributed by atoms with Crippen molar-refractivity contribution < 1.29 is 14.3 Å². The molecule has 3 nitrogen and oxygen atoms in total. The van der Waals surface area contributed by atoms with Gasteiger partial charge in [-0.05, 0) is 61.8 Å². The van der Waals surface area contributed by atoms with Gasteiger partial charge in [0.25, 0.3) is 0 Å². The molecule has 0 saturated carbocycles. The first-order valence-electron chi connectivity index (χ1n) is 5.57. The number of carbonyl (C=O) groups is 1. The first kappa shape index (κ1) is 14.0. The zero-order valence-corrected chi connectivity index (χ0v) is 12.1. The Bertz CT molecular complexity index is 400. The summed E-state index contributed by atoms with van der Waals surface area (Å²) in [6, 6.07) is 5.18. The smallest absolute Gasteiger partial charge is 0.338 e. The molecule has 94 valence electrons. The van der Waals surface area contributed by atoms with E-state index in [1.54, 1.807) is 18.2 Å². The zero-order chi connectivity index (χ0) is 13.0. The number of ether oxygens (including phenoxy) is 2. The Balaban J connectivity index is 2.85. The Morgan fingerprint density at radius 3 is 2.29 bits per heavy atom. The van der Waals surface area contributed by atoms with E-state index in [0.29, 0.717) is 5.56 Å². The summed E-state index contributed by atoms with van der Waals surface area (Å²) < 4.78 is 11.4. The summed E-state index contributed by atoms with van der Waals surface area (Å²) >= 11 is 3.38. The van der Waals surface area contributed by atoms with Crippen LogP contribution in [-0.4, -0.2) is 18.2 Å². The summed E-state index contributed by atoms with van der Waals surface area (Å²) in [5.74, 6) is 0.401. The molecule has 0 fully saturated rings. The normalized spacial score (nSPS) is 10.8. The van der Waals surface area contributed by atoms with Crippen LogP contribution >= 0.6 is 15.9 Å². The fourth-order valence-electron chi connectivity index (χ4n) is 1.26. The van der Waals surface area contributed by atoms with E-state index in [2.05, 4.69) is 15.9 Å². The van der Waals surface area contributed by atoms with Crippen LogP contribution in [0.2, 0.25) is 0 Å². The molecule has 0 N–H and O–H groups in total. The topological polar surface area (TPSA) is 35.5 Å². The van der Waals surface area contributed by atoms with Crippen LogP contribution in [0.4, 0.5) is 0 Å². The monoisotopic (exact) mass is 300 g/mol. The average molecular weight is 301 g/mol. The first-order valence-corrected chi connectivity index (χ1v) is 6.36. The van der Waals surface area contributed by atoms with Gasteiger partial charge in [0.05, 0.1) is 22.2 Å². The number of esters is 1. The van der Waals surface area contributed by atoms with Gasteiger partial charge in [-0.15, -0.1) is 0 Å². The van der Waals surface area contributed by atoms with Gasteiger partial charge in [-0.3, -0.25) is 0 Å². The molecule has 1 rings (SSSR count). The van der Waals surface area contributed by atoms with E-state index in [0.717, 1.165) is 10.2 Å². The molecule has 0 radical (unpaired) electrons. The van der Waals surface area contributed by atoms with Gasteiger partial charge in [0.2, 0.25) is 0 Å². The molecule has 0 unspecified atom stereocenters. The number of benzene rings is 1. The van der Waals surface area contributed by atoms with Crippen LogP contribution in [0.25, 0.3) is 0 Å². The highest BCUT2D eigenvalue weighted by Crippen LogP contribution is 2.27. The van der Waals surface area contributed by atoms with Gasteiger partial charge in [-0.2, -0.15) is 0 Å². The summed E-state index contributed by atoms with van der Waals surface area (Å²) in [7, 11) is 0. The standard InChI is InChI=1S/C13H17BrO3/c1-8(2)16-12-6-5-10(7-11(12)14)13(15)17-9(3)4/h5-9H,1-4H3. The van der Waals surface area contributed by atoms with Crippen molar-refractivity contribution in [2.75, 3.05) is 0 Å². The second-order valence-corrected chi connectivity index (χ2v) is 5.12. The lowest BCUT2D eigenvalue weighted by Crippen LogP contribution is -2.12. The first-order chi connectivity index (χ1) is 7.90. The molecule has 0 aliphatic rings. The SMILES string of the molecule is CC(C)OC(=O)c1ccc(OC(C)C)c(Br)c1.